The van der Waals surface area contributed by atoms with E-state index >= 15 is 0 Å². The van der Waals surface area contributed by atoms with Crippen LogP contribution in [0, 0.1) is 0 Å². The van der Waals surface area contributed by atoms with Crippen molar-refractivity contribution < 1.29 is 0 Å². The lowest BCUT2D eigenvalue weighted by molar-refractivity contribution is 1.22. The summed E-state index contributed by atoms with van der Waals surface area (Å²) in [5.41, 5.74) is 16.4. The molecule has 0 N–H and O–H groups in total. The molecule has 0 unspecified atom stereocenters. The van der Waals surface area contributed by atoms with Gasteiger partial charge in [-0.15, -0.1) is 0 Å². The van der Waals surface area contributed by atoms with Crippen LogP contribution in [0.1, 0.15) is 22.3 Å². The van der Waals surface area contributed by atoms with Gasteiger partial charge in [0.15, 0.2) is 5.65 Å². The number of rotatable bonds is 0. The maximum atomic E-state index is 5.12. The van der Waals surface area contributed by atoms with Crippen LogP contribution in [0.25, 0.3) is 60.7 Å². The topological polar surface area (TPSA) is 43.1 Å². The Kier molecular flexibility index (Phi) is 3.11. The number of pyridine rings is 3. The Hall–Kier alpha value is -4.57. The van der Waals surface area contributed by atoms with Crippen LogP contribution >= 0.6 is 0 Å². The van der Waals surface area contributed by atoms with Crippen molar-refractivity contribution in [2.75, 3.05) is 0 Å². The Balaban J connectivity index is 1.42. The molecule has 4 heterocycles. The maximum Gasteiger partial charge on any atom is 0.165 e. The van der Waals surface area contributed by atoms with Crippen molar-refractivity contribution in [2.45, 2.75) is 12.8 Å². The first-order chi connectivity index (χ1) is 17.4. The fraction of sp³-hybridized carbons (Fsp3) is 0.0645. The third kappa shape index (κ3) is 2.11. The Labute approximate surface area is 200 Å². The average molecular weight is 447 g/mol. The number of hydrogen-bond donors (Lipinski definition) is 0. The van der Waals surface area contributed by atoms with Gasteiger partial charge in [0.25, 0.3) is 0 Å². The van der Waals surface area contributed by atoms with Crippen LogP contribution in [0.4, 0.5) is 0 Å². The summed E-state index contributed by atoms with van der Waals surface area (Å²) in [4.78, 5) is 14.3. The van der Waals surface area contributed by atoms with Gasteiger partial charge in [-0.25, -0.2) is 4.98 Å². The minimum Gasteiger partial charge on any atom is -0.290 e. The Bertz CT molecular complexity index is 2070. The van der Waals surface area contributed by atoms with E-state index in [0.717, 1.165) is 45.8 Å². The van der Waals surface area contributed by atoms with Crippen molar-refractivity contribution in [3.05, 3.63) is 108 Å². The van der Waals surface area contributed by atoms with Crippen LogP contribution in [0.5, 0.6) is 0 Å². The summed E-state index contributed by atoms with van der Waals surface area (Å²) < 4.78 is 2.32. The fourth-order valence-corrected chi connectivity index (χ4v) is 6.56. The highest BCUT2D eigenvalue weighted by atomic mass is 15.0. The highest BCUT2D eigenvalue weighted by Gasteiger charge is 2.30. The summed E-state index contributed by atoms with van der Waals surface area (Å²) in [7, 11) is 0. The van der Waals surface area contributed by atoms with Gasteiger partial charge in [0, 0.05) is 35.8 Å². The van der Waals surface area contributed by atoms with Crippen molar-refractivity contribution >= 4 is 38.5 Å². The van der Waals surface area contributed by atoms with Crippen molar-refractivity contribution in [1.29, 1.82) is 0 Å². The van der Waals surface area contributed by atoms with Crippen molar-refractivity contribution in [1.82, 2.24) is 19.4 Å². The van der Waals surface area contributed by atoms with Crippen LogP contribution in [0.2, 0.25) is 0 Å². The van der Waals surface area contributed by atoms with E-state index < -0.39 is 0 Å². The molecule has 35 heavy (non-hydrogen) atoms. The zero-order valence-corrected chi connectivity index (χ0v) is 18.8. The predicted molar refractivity (Wildman–Crippen MR) is 140 cm³/mol. The fourth-order valence-electron chi connectivity index (χ4n) is 6.56. The van der Waals surface area contributed by atoms with Crippen LogP contribution in [0.3, 0.4) is 0 Å². The molecule has 7 aromatic rings. The van der Waals surface area contributed by atoms with Crippen molar-refractivity contribution in [3.63, 3.8) is 0 Å². The van der Waals surface area contributed by atoms with E-state index in [-0.39, 0.29) is 0 Å². The molecule has 0 spiro atoms. The summed E-state index contributed by atoms with van der Waals surface area (Å²) in [6.07, 6.45) is 7.60. The molecule has 0 saturated carbocycles. The second kappa shape index (κ2) is 6.10. The van der Waals surface area contributed by atoms with E-state index in [9.17, 15) is 0 Å². The third-order valence-electron chi connectivity index (χ3n) is 7.98. The van der Waals surface area contributed by atoms with E-state index in [0.29, 0.717) is 0 Å². The standard InChI is InChI=1S/C31H18N4/c1-2-5-19-17(4-1)14-23-20(19)8-7-18-15-24-21(28(18)23)9-10-26-30(24)35-27-11-13-32-16-25(27)22-6-3-12-33-29(22)31(35)34-26/h1-13,16H,14-15H2. The Morgan fingerprint density at radius 3 is 2.60 bits per heavy atom. The minimum atomic E-state index is 0.913. The average Bonchev–Trinajstić information content (AvgIpc) is 3.59. The van der Waals surface area contributed by atoms with E-state index in [1.165, 1.54) is 50.0 Å². The molecule has 4 nitrogen and oxygen atoms in total. The van der Waals surface area contributed by atoms with Gasteiger partial charge in [0.1, 0.15) is 5.52 Å². The molecular formula is C31H18N4. The van der Waals surface area contributed by atoms with Gasteiger partial charge in [-0.3, -0.25) is 14.4 Å². The molecule has 2 aliphatic carbocycles. The summed E-state index contributed by atoms with van der Waals surface area (Å²) in [5.74, 6) is 0. The Morgan fingerprint density at radius 1 is 0.686 bits per heavy atom. The predicted octanol–water partition coefficient (Wildman–Crippen LogP) is 6.73. The van der Waals surface area contributed by atoms with Crippen LogP contribution in [-0.2, 0) is 12.8 Å². The van der Waals surface area contributed by atoms with E-state index in [2.05, 4.69) is 70.0 Å². The molecule has 3 aromatic carbocycles. The van der Waals surface area contributed by atoms with E-state index in [1.807, 2.05) is 24.7 Å². The molecule has 4 aromatic heterocycles. The molecule has 0 bridgehead atoms. The number of benzene rings is 3. The van der Waals surface area contributed by atoms with Gasteiger partial charge in [0.05, 0.1) is 16.6 Å². The third-order valence-corrected chi connectivity index (χ3v) is 7.98. The summed E-state index contributed by atoms with van der Waals surface area (Å²) in [5, 5.41) is 2.20. The number of hydrogen-bond acceptors (Lipinski definition) is 3. The molecule has 0 radical (unpaired) electrons. The molecule has 0 saturated heterocycles. The smallest absolute Gasteiger partial charge is 0.165 e. The molecular weight excluding hydrogens is 428 g/mol. The first-order valence-corrected chi connectivity index (χ1v) is 12.0. The van der Waals surface area contributed by atoms with Gasteiger partial charge in [-0.1, -0.05) is 48.5 Å². The van der Waals surface area contributed by atoms with Gasteiger partial charge in [-0.05, 0) is 69.1 Å². The van der Waals surface area contributed by atoms with Gasteiger partial charge >= 0.3 is 0 Å². The highest BCUT2D eigenvalue weighted by Crippen LogP contribution is 2.49. The molecule has 0 fully saturated rings. The molecule has 162 valence electrons. The summed E-state index contributed by atoms with van der Waals surface area (Å²) in [6, 6.07) is 24.2. The Morgan fingerprint density at radius 2 is 1.60 bits per heavy atom. The molecule has 0 amide bonds. The van der Waals surface area contributed by atoms with Crippen LogP contribution < -0.4 is 0 Å². The lowest BCUT2D eigenvalue weighted by atomic mass is 9.95. The molecule has 0 atom stereocenters. The minimum absolute atomic E-state index is 0.913. The van der Waals surface area contributed by atoms with Crippen molar-refractivity contribution in [2.24, 2.45) is 0 Å². The molecule has 2 aliphatic rings. The number of imidazole rings is 1. The van der Waals surface area contributed by atoms with Gasteiger partial charge in [0.2, 0.25) is 0 Å². The van der Waals surface area contributed by atoms with Crippen LogP contribution in [-0.4, -0.2) is 19.4 Å². The lowest BCUT2D eigenvalue weighted by Gasteiger charge is -2.10. The van der Waals surface area contributed by atoms with E-state index in [1.54, 1.807) is 0 Å². The number of fused-ring (bicyclic) bond motifs is 16. The zero-order valence-electron chi connectivity index (χ0n) is 18.8. The van der Waals surface area contributed by atoms with Crippen molar-refractivity contribution in [3.8, 4) is 22.3 Å². The first-order valence-electron chi connectivity index (χ1n) is 12.0. The molecule has 9 rings (SSSR count). The molecule has 0 aliphatic heterocycles. The molecule has 4 heteroatoms. The SMILES string of the molecule is c1ccc2c(c1)Cc1c-2ccc2c1-c1ccc3nc4c5ncccc5c5cnccc5n4c3c1C2. The van der Waals surface area contributed by atoms with Crippen LogP contribution in [0.15, 0.2) is 85.3 Å². The normalized spacial score (nSPS) is 13.5. The lowest BCUT2D eigenvalue weighted by Crippen LogP contribution is -1.95. The second-order valence-electron chi connectivity index (χ2n) is 9.66. The quantitative estimate of drug-likeness (QED) is 0.243. The largest absolute Gasteiger partial charge is 0.290 e. The summed E-state index contributed by atoms with van der Waals surface area (Å²) in [6.45, 7) is 0. The van der Waals surface area contributed by atoms with Gasteiger partial charge in [-0.2, -0.15) is 0 Å². The monoisotopic (exact) mass is 446 g/mol. The number of nitrogens with zero attached hydrogens (tertiary/aromatic N) is 4. The summed E-state index contributed by atoms with van der Waals surface area (Å²) >= 11 is 0. The van der Waals surface area contributed by atoms with E-state index in [4.69, 9.17) is 9.97 Å². The first kappa shape index (κ1) is 17.8. The zero-order chi connectivity index (χ0) is 22.7. The highest BCUT2D eigenvalue weighted by molar-refractivity contribution is 6.12. The number of aromatic nitrogens is 4. The second-order valence-corrected chi connectivity index (χ2v) is 9.66. The van der Waals surface area contributed by atoms with Gasteiger partial charge < -0.3 is 0 Å². The maximum absolute atomic E-state index is 5.12.